The number of nitrogens with one attached hydrogen (secondary N) is 1. The fourth-order valence-corrected chi connectivity index (χ4v) is 3.74. The van der Waals surface area contributed by atoms with E-state index in [0.717, 1.165) is 22.2 Å². The molecule has 0 radical (unpaired) electrons. The van der Waals surface area contributed by atoms with Gasteiger partial charge in [0.15, 0.2) is 5.17 Å². The Bertz CT molecular complexity index is 749. The number of thioether (sulfide) groups is 1. The van der Waals surface area contributed by atoms with Gasteiger partial charge in [-0.2, -0.15) is 0 Å². The fourth-order valence-electron chi connectivity index (χ4n) is 1.96. The number of benzene rings is 1. The lowest BCUT2D eigenvalue weighted by atomic mass is 10.2. The normalized spacial score (nSPS) is 17.0. The van der Waals surface area contributed by atoms with Crippen LogP contribution in [0.5, 0.6) is 0 Å². The molecule has 1 fully saturated rings. The Labute approximate surface area is 129 Å². The minimum absolute atomic E-state index is 0.132. The van der Waals surface area contributed by atoms with Crippen molar-refractivity contribution in [2.45, 2.75) is 6.92 Å². The van der Waals surface area contributed by atoms with Crippen LogP contribution in [0.15, 0.2) is 40.6 Å². The van der Waals surface area contributed by atoms with E-state index in [1.807, 2.05) is 24.4 Å². The van der Waals surface area contributed by atoms with Crippen LogP contribution in [0.4, 0.5) is 10.1 Å². The number of rotatable bonds is 2. The molecule has 0 atom stereocenters. The van der Waals surface area contributed by atoms with Crippen LogP contribution >= 0.6 is 23.1 Å². The number of aryl methyl sites for hydroxylation is 1. The Kier molecular flexibility index (Phi) is 3.65. The summed E-state index contributed by atoms with van der Waals surface area (Å²) in [6, 6.07) is 7.56. The minimum atomic E-state index is -0.366. The quantitative estimate of drug-likeness (QED) is 0.841. The first-order chi connectivity index (χ1) is 10.1. The average molecular weight is 318 g/mol. The third-order valence-corrected chi connectivity index (χ3v) is 4.93. The second kappa shape index (κ2) is 5.46. The lowest BCUT2D eigenvalue weighted by Crippen LogP contribution is -2.28. The van der Waals surface area contributed by atoms with Crippen LogP contribution in [0.1, 0.15) is 10.4 Å². The van der Waals surface area contributed by atoms with Gasteiger partial charge in [0.2, 0.25) is 0 Å². The van der Waals surface area contributed by atoms with Crippen molar-refractivity contribution in [3.05, 3.63) is 56.9 Å². The van der Waals surface area contributed by atoms with E-state index in [1.54, 1.807) is 11.3 Å². The molecule has 1 aliphatic heterocycles. The predicted octanol–water partition coefficient (Wildman–Crippen LogP) is 4.25. The number of carbonyl (C=O) groups is 1. The van der Waals surface area contributed by atoms with E-state index in [4.69, 9.17) is 5.41 Å². The first-order valence-electron chi connectivity index (χ1n) is 6.18. The Hall–Kier alpha value is -1.92. The Morgan fingerprint density at radius 1 is 1.24 bits per heavy atom. The number of thiophene rings is 1. The van der Waals surface area contributed by atoms with Gasteiger partial charge in [-0.3, -0.25) is 15.1 Å². The molecule has 1 N–H and O–H groups in total. The summed E-state index contributed by atoms with van der Waals surface area (Å²) in [5, 5.41) is 10.1. The zero-order chi connectivity index (χ0) is 15.0. The molecule has 0 unspecified atom stereocenters. The first-order valence-corrected chi connectivity index (χ1v) is 7.88. The van der Waals surface area contributed by atoms with Gasteiger partial charge in [-0.1, -0.05) is 0 Å². The van der Waals surface area contributed by atoms with E-state index in [1.165, 1.54) is 29.2 Å². The lowest BCUT2D eigenvalue weighted by Gasteiger charge is -2.13. The highest BCUT2D eigenvalue weighted by Gasteiger charge is 2.33. The van der Waals surface area contributed by atoms with Gasteiger partial charge in [0.1, 0.15) is 5.82 Å². The Morgan fingerprint density at radius 3 is 2.57 bits per heavy atom. The maximum atomic E-state index is 13.0. The highest BCUT2D eigenvalue weighted by molar-refractivity contribution is 8.19. The smallest absolute Gasteiger partial charge is 0.271 e. The summed E-state index contributed by atoms with van der Waals surface area (Å²) in [6.45, 7) is 1.98. The second-order valence-electron chi connectivity index (χ2n) is 4.50. The molecule has 0 aliphatic carbocycles. The van der Waals surface area contributed by atoms with Crippen molar-refractivity contribution in [2.24, 2.45) is 0 Å². The monoisotopic (exact) mass is 318 g/mol. The summed E-state index contributed by atoms with van der Waals surface area (Å²) in [5.41, 5.74) is 1.61. The molecule has 3 rings (SSSR count). The second-order valence-corrected chi connectivity index (χ2v) is 6.48. The molecule has 2 aromatic rings. The molecular formula is C15H11FN2OS2. The molecule has 3 nitrogen and oxygen atoms in total. The molecule has 1 amide bonds. The molecule has 0 saturated carbocycles. The summed E-state index contributed by atoms with van der Waals surface area (Å²) < 4.78 is 13.0. The van der Waals surface area contributed by atoms with Gasteiger partial charge in [-0.05, 0) is 66.0 Å². The van der Waals surface area contributed by atoms with E-state index >= 15 is 0 Å². The van der Waals surface area contributed by atoms with Gasteiger partial charge in [0, 0.05) is 4.88 Å². The number of hydrogen-bond acceptors (Lipinski definition) is 4. The minimum Gasteiger partial charge on any atom is -0.278 e. The van der Waals surface area contributed by atoms with Crippen LogP contribution in [0.2, 0.25) is 0 Å². The number of hydrogen-bond donors (Lipinski definition) is 1. The van der Waals surface area contributed by atoms with Crippen LogP contribution in [0.3, 0.4) is 0 Å². The number of carbonyl (C=O) groups excluding carboxylic acids is 1. The number of anilines is 1. The van der Waals surface area contributed by atoms with E-state index in [0.29, 0.717) is 10.6 Å². The third kappa shape index (κ3) is 2.64. The molecule has 0 spiro atoms. The summed E-state index contributed by atoms with van der Waals surface area (Å²) in [4.78, 5) is 15.3. The van der Waals surface area contributed by atoms with E-state index in [9.17, 15) is 9.18 Å². The predicted molar refractivity (Wildman–Crippen MR) is 86.2 cm³/mol. The molecule has 0 bridgehead atoms. The van der Waals surface area contributed by atoms with E-state index in [-0.39, 0.29) is 16.9 Å². The highest BCUT2D eigenvalue weighted by Crippen LogP contribution is 2.36. The first kappa shape index (κ1) is 14.0. The molecule has 1 aromatic carbocycles. The van der Waals surface area contributed by atoms with Gasteiger partial charge in [0.05, 0.1) is 10.6 Å². The summed E-state index contributed by atoms with van der Waals surface area (Å²) >= 11 is 2.68. The van der Waals surface area contributed by atoms with Gasteiger partial charge < -0.3 is 0 Å². The van der Waals surface area contributed by atoms with Crippen molar-refractivity contribution < 1.29 is 9.18 Å². The van der Waals surface area contributed by atoms with Crippen LogP contribution in [0, 0.1) is 18.2 Å². The molecule has 21 heavy (non-hydrogen) atoms. The van der Waals surface area contributed by atoms with Gasteiger partial charge in [-0.25, -0.2) is 4.39 Å². The van der Waals surface area contributed by atoms with Crippen molar-refractivity contribution in [1.82, 2.24) is 0 Å². The Balaban J connectivity index is 1.94. The molecule has 1 saturated heterocycles. The van der Waals surface area contributed by atoms with Gasteiger partial charge >= 0.3 is 0 Å². The van der Waals surface area contributed by atoms with Crippen molar-refractivity contribution in [1.29, 1.82) is 5.41 Å². The van der Waals surface area contributed by atoms with Crippen LogP contribution < -0.4 is 4.90 Å². The molecule has 6 heteroatoms. The fraction of sp³-hybridized carbons (Fsp3) is 0.0667. The Morgan fingerprint density at radius 2 is 1.95 bits per heavy atom. The van der Waals surface area contributed by atoms with Gasteiger partial charge in [0.25, 0.3) is 5.91 Å². The summed E-state index contributed by atoms with van der Waals surface area (Å²) in [6.07, 6.45) is 1.81. The molecule has 1 aromatic heterocycles. The highest BCUT2D eigenvalue weighted by atomic mass is 32.2. The number of halogens is 1. The average Bonchev–Trinajstić information content (AvgIpc) is 2.97. The molecule has 2 heterocycles. The number of nitrogens with zero attached hydrogens (tertiary/aromatic N) is 1. The standard InChI is InChI=1S/C15H11FN2OS2/c1-9-6-7-20-12(9)8-13-14(19)18(15(17)21-13)11-4-2-10(16)3-5-11/h2-8,17H,1H3. The number of amidine groups is 1. The summed E-state index contributed by atoms with van der Waals surface area (Å²) in [5.74, 6) is -0.612. The topological polar surface area (TPSA) is 44.2 Å². The third-order valence-electron chi connectivity index (χ3n) is 3.07. The van der Waals surface area contributed by atoms with Crippen molar-refractivity contribution in [3.63, 3.8) is 0 Å². The largest absolute Gasteiger partial charge is 0.278 e. The van der Waals surface area contributed by atoms with Crippen LogP contribution in [-0.2, 0) is 4.79 Å². The molecule has 106 valence electrons. The van der Waals surface area contributed by atoms with Crippen molar-refractivity contribution in [3.8, 4) is 0 Å². The zero-order valence-electron chi connectivity index (χ0n) is 11.1. The molecule has 1 aliphatic rings. The zero-order valence-corrected chi connectivity index (χ0v) is 12.7. The van der Waals surface area contributed by atoms with Crippen LogP contribution in [-0.4, -0.2) is 11.1 Å². The van der Waals surface area contributed by atoms with E-state index < -0.39 is 0 Å². The van der Waals surface area contributed by atoms with Crippen LogP contribution in [0.25, 0.3) is 6.08 Å². The maximum Gasteiger partial charge on any atom is 0.271 e. The summed E-state index contributed by atoms with van der Waals surface area (Å²) in [7, 11) is 0. The maximum absolute atomic E-state index is 13.0. The number of amides is 1. The molecular weight excluding hydrogens is 307 g/mol. The van der Waals surface area contributed by atoms with Gasteiger partial charge in [-0.15, -0.1) is 11.3 Å². The van der Waals surface area contributed by atoms with Crippen molar-refractivity contribution in [2.75, 3.05) is 4.90 Å². The SMILES string of the molecule is Cc1ccsc1C=C1SC(=N)N(c2ccc(F)cc2)C1=O. The lowest BCUT2D eigenvalue weighted by molar-refractivity contribution is -0.113. The van der Waals surface area contributed by atoms with E-state index in [2.05, 4.69) is 0 Å². The van der Waals surface area contributed by atoms with Crippen molar-refractivity contribution >= 4 is 45.9 Å².